The lowest BCUT2D eigenvalue weighted by Gasteiger charge is -2.31. The molecule has 98 valence electrons. The van der Waals surface area contributed by atoms with Crippen LogP contribution in [-0.2, 0) is 0 Å². The minimum Gasteiger partial charge on any atom is -0.313 e. The van der Waals surface area contributed by atoms with Gasteiger partial charge in [0.15, 0.2) is 0 Å². The first kappa shape index (κ1) is 12.4. The maximum absolute atomic E-state index is 14.0. The van der Waals surface area contributed by atoms with E-state index in [1.54, 1.807) is 12.1 Å². The summed E-state index contributed by atoms with van der Waals surface area (Å²) in [5, 5.41) is 3.93. The lowest BCUT2D eigenvalue weighted by atomic mass is 9.80. The van der Waals surface area contributed by atoms with Crippen molar-refractivity contribution < 1.29 is 4.39 Å². The summed E-state index contributed by atoms with van der Waals surface area (Å²) in [4.78, 5) is 0. The van der Waals surface area contributed by atoms with Gasteiger partial charge in [-0.2, -0.15) is 0 Å². The maximum atomic E-state index is 14.0. The van der Waals surface area contributed by atoms with E-state index >= 15 is 0 Å². The van der Waals surface area contributed by atoms with Crippen molar-refractivity contribution in [1.82, 2.24) is 5.32 Å². The molecule has 4 atom stereocenters. The minimum absolute atomic E-state index is 0.110. The first-order chi connectivity index (χ1) is 8.69. The predicted octanol–water partition coefficient (Wildman–Crippen LogP) is 4.18. The predicted molar refractivity (Wildman–Crippen MR) is 72.1 cm³/mol. The standard InChI is InChI=1S/C15H19ClFN/c1-18-15(12-7-9-2-3-10(12)6-9)13-8-11(16)4-5-14(13)17/h4-5,8-10,12,15,18H,2-3,6-7H2,1H3. The van der Waals surface area contributed by atoms with Gasteiger partial charge in [-0.25, -0.2) is 4.39 Å². The second-order valence-corrected chi connectivity index (χ2v) is 6.21. The molecule has 2 aliphatic rings. The summed E-state index contributed by atoms with van der Waals surface area (Å²) < 4.78 is 14.0. The molecule has 4 unspecified atom stereocenters. The second kappa shape index (κ2) is 4.82. The Morgan fingerprint density at radius 2 is 2.17 bits per heavy atom. The number of benzene rings is 1. The number of hydrogen-bond acceptors (Lipinski definition) is 1. The zero-order valence-corrected chi connectivity index (χ0v) is 11.4. The SMILES string of the molecule is CNC(c1cc(Cl)ccc1F)C1CC2CCC1C2. The largest absolute Gasteiger partial charge is 0.313 e. The van der Waals surface area contributed by atoms with E-state index in [0.29, 0.717) is 10.9 Å². The van der Waals surface area contributed by atoms with Crippen molar-refractivity contribution in [3.05, 3.63) is 34.6 Å². The van der Waals surface area contributed by atoms with Crippen LogP contribution >= 0.6 is 11.6 Å². The van der Waals surface area contributed by atoms with Crippen molar-refractivity contribution >= 4 is 11.6 Å². The lowest BCUT2D eigenvalue weighted by Crippen LogP contribution is -2.29. The summed E-state index contributed by atoms with van der Waals surface area (Å²) in [6.45, 7) is 0. The molecule has 2 saturated carbocycles. The van der Waals surface area contributed by atoms with Crippen LogP contribution in [-0.4, -0.2) is 7.05 Å². The monoisotopic (exact) mass is 267 g/mol. The molecule has 1 aromatic carbocycles. The summed E-state index contributed by atoms with van der Waals surface area (Å²) in [5.74, 6) is 2.08. The highest BCUT2D eigenvalue weighted by Crippen LogP contribution is 2.52. The van der Waals surface area contributed by atoms with E-state index in [9.17, 15) is 4.39 Å². The first-order valence-electron chi connectivity index (χ1n) is 6.81. The molecule has 0 aliphatic heterocycles. The van der Waals surface area contributed by atoms with Gasteiger partial charge in [-0.15, -0.1) is 0 Å². The van der Waals surface area contributed by atoms with Crippen molar-refractivity contribution in [2.75, 3.05) is 7.05 Å². The molecule has 2 fully saturated rings. The van der Waals surface area contributed by atoms with E-state index in [1.165, 1.54) is 31.7 Å². The summed E-state index contributed by atoms with van der Waals surface area (Å²) >= 11 is 6.01. The topological polar surface area (TPSA) is 12.0 Å². The van der Waals surface area contributed by atoms with Crippen LogP contribution in [0.5, 0.6) is 0 Å². The number of hydrogen-bond donors (Lipinski definition) is 1. The minimum atomic E-state index is -0.137. The van der Waals surface area contributed by atoms with Gasteiger partial charge in [0.25, 0.3) is 0 Å². The van der Waals surface area contributed by atoms with Crippen LogP contribution < -0.4 is 5.32 Å². The molecule has 18 heavy (non-hydrogen) atoms. The Kier molecular flexibility index (Phi) is 3.33. The fourth-order valence-electron chi connectivity index (χ4n) is 4.06. The van der Waals surface area contributed by atoms with E-state index in [4.69, 9.17) is 11.6 Å². The van der Waals surface area contributed by atoms with Crippen LogP contribution in [0.3, 0.4) is 0 Å². The highest BCUT2D eigenvalue weighted by molar-refractivity contribution is 6.30. The third kappa shape index (κ3) is 2.06. The Balaban J connectivity index is 1.90. The highest BCUT2D eigenvalue weighted by atomic mass is 35.5. The summed E-state index contributed by atoms with van der Waals surface area (Å²) in [7, 11) is 1.93. The molecule has 2 bridgehead atoms. The van der Waals surface area contributed by atoms with Gasteiger partial charge in [0, 0.05) is 16.6 Å². The third-order valence-corrected chi connectivity index (χ3v) is 5.06. The average Bonchev–Trinajstić information content (AvgIpc) is 2.97. The molecule has 3 heteroatoms. The maximum Gasteiger partial charge on any atom is 0.128 e. The normalized spacial score (nSPS) is 31.8. The number of halogens is 2. The van der Waals surface area contributed by atoms with E-state index in [2.05, 4.69) is 5.32 Å². The van der Waals surface area contributed by atoms with E-state index in [-0.39, 0.29) is 11.9 Å². The van der Waals surface area contributed by atoms with Crippen molar-refractivity contribution in [2.24, 2.45) is 17.8 Å². The number of nitrogens with one attached hydrogen (secondary N) is 1. The summed E-state index contributed by atoms with van der Waals surface area (Å²) in [5.41, 5.74) is 0.738. The highest BCUT2D eigenvalue weighted by Gasteiger charge is 2.43. The van der Waals surface area contributed by atoms with Crippen LogP contribution in [0.1, 0.15) is 37.3 Å². The Labute approximate surface area is 113 Å². The Hall–Kier alpha value is -0.600. The van der Waals surface area contributed by atoms with Gasteiger partial charge >= 0.3 is 0 Å². The molecule has 3 rings (SSSR count). The van der Waals surface area contributed by atoms with Gasteiger partial charge in [-0.1, -0.05) is 18.0 Å². The molecule has 2 aliphatic carbocycles. The van der Waals surface area contributed by atoms with Crippen molar-refractivity contribution in [1.29, 1.82) is 0 Å². The number of rotatable bonds is 3. The summed E-state index contributed by atoms with van der Waals surface area (Å²) in [6, 6.07) is 4.99. The molecule has 0 saturated heterocycles. The third-order valence-electron chi connectivity index (χ3n) is 4.83. The zero-order chi connectivity index (χ0) is 12.7. The van der Waals surface area contributed by atoms with E-state index in [1.807, 2.05) is 7.05 Å². The van der Waals surface area contributed by atoms with Gasteiger partial charge in [0.1, 0.15) is 5.82 Å². The Morgan fingerprint density at radius 1 is 1.33 bits per heavy atom. The molecular formula is C15H19ClFN. The van der Waals surface area contributed by atoms with E-state index < -0.39 is 0 Å². The van der Waals surface area contributed by atoms with Crippen LogP contribution in [0.4, 0.5) is 4.39 Å². The van der Waals surface area contributed by atoms with Crippen LogP contribution in [0.2, 0.25) is 5.02 Å². The Morgan fingerprint density at radius 3 is 2.78 bits per heavy atom. The van der Waals surface area contributed by atoms with Gasteiger partial charge in [-0.05, 0) is 62.3 Å². The molecule has 0 heterocycles. The smallest absolute Gasteiger partial charge is 0.128 e. The molecule has 1 N–H and O–H groups in total. The molecule has 0 spiro atoms. The Bertz CT molecular complexity index is 448. The van der Waals surface area contributed by atoms with Crippen molar-refractivity contribution in [3.63, 3.8) is 0 Å². The molecule has 0 amide bonds. The van der Waals surface area contributed by atoms with Crippen LogP contribution in [0.15, 0.2) is 18.2 Å². The van der Waals surface area contributed by atoms with Crippen LogP contribution in [0, 0.1) is 23.6 Å². The van der Waals surface area contributed by atoms with Gasteiger partial charge in [0.05, 0.1) is 0 Å². The fourth-order valence-corrected chi connectivity index (χ4v) is 4.24. The summed E-state index contributed by atoms with van der Waals surface area (Å²) in [6.07, 6.45) is 5.26. The van der Waals surface area contributed by atoms with E-state index in [0.717, 1.165) is 17.4 Å². The molecule has 0 radical (unpaired) electrons. The fraction of sp³-hybridized carbons (Fsp3) is 0.600. The van der Waals surface area contributed by atoms with Crippen molar-refractivity contribution in [3.8, 4) is 0 Å². The quantitative estimate of drug-likeness (QED) is 0.866. The molecular weight excluding hydrogens is 249 g/mol. The van der Waals surface area contributed by atoms with Crippen LogP contribution in [0.25, 0.3) is 0 Å². The van der Waals surface area contributed by atoms with Gasteiger partial charge < -0.3 is 5.32 Å². The molecule has 1 nitrogen and oxygen atoms in total. The molecule has 0 aromatic heterocycles. The van der Waals surface area contributed by atoms with Gasteiger partial charge in [0.2, 0.25) is 0 Å². The van der Waals surface area contributed by atoms with Crippen molar-refractivity contribution in [2.45, 2.75) is 31.7 Å². The lowest BCUT2D eigenvalue weighted by molar-refractivity contribution is 0.255. The van der Waals surface area contributed by atoms with Gasteiger partial charge in [-0.3, -0.25) is 0 Å². The molecule has 1 aromatic rings. The average molecular weight is 268 g/mol. The number of fused-ring (bicyclic) bond motifs is 2. The zero-order valence-electron chi connectivity index (χ0n) is 10.6. The first-order valence-corrected chi connectivity index (χ1v) is 7.19. The second-order valence-electron chi connectivity index (χ2n) is 5.77.